The first-order valence-corrected chi connectivity index (χ1v) is 6.09. The van der Waals surface area contributed by atoms with Crippen molar-refractivity contribution in [3.63, 3.8) is 0 Å². The Kier molecular flexibility index (Phi) is 5.83. The van der Waals surface area contributed by atoms with Crippen LogP contribution in [0.1, 0.15) is 15.9 Å². The van der Waals surface area contributed by atoms with Crippen molar-refractivity contribution < 1.29 is 9.72 Å². The molecule has 5 nitrogen and oxygen atoms in total. The van der Waals surface area contributed by atoms with E-state index >= 15 is 0 Å². The summed E-state index contributed by atoms with van der Waals surface area (Å²) in [6.07, 6.45) is 0. The highest BCUT2D eigenvalue weighted by Crippen LogP contribution is 2.25. The van der Waals surface area contributed by atoms with Crippen LogP contribution in [0.25, 0.3) is 0 Å². The van der Waals surface area contributed by atoms with Crippen molar-refractivity contribution in [2.24, 2.45) is 5.73 Å². The number of halogens is 1. The predicted molar refractivity (Wildman–Crippen MR) is 78.1 cm³/mol. The van der Waals surface area contributed by atoms with Crippen LogP contribution in [-0.4, -0.2) is 17.8 Å². The minimum atomic E-state index is -0.591. The molecular weight excluding hydrogens is 280 g/mol. The van der Waals surface area contributed by atoms with E-state index in [9.17, 15) is 14.9 Å². The summed E-state index contributed by atoms with van der Waals surface area (Å²) in [5.74, 6) is -0.412. The number of benzene rings is 2. The van der Waals surface area contributed by atoms with Crippen LogP contribution in [0.5, 0.6) is 0 Å². The molecule has 0 spiro atoms. The standard InChI is InChI=1S/C13H8ClNO3.CH5N/c14-10-6-7-12(15(17)18)11(8-10)13(16)9-4-2-1-3-5-9;1-2/h1-8H;2H2,1H3. The predicted octanol–water partition coefficient (Wildman–Crippen LogP) is 3.05. The summed E-state index contributed by atoms with van der Waals surface area (Å²) >= 11 is 5.78. The lowest BCUT2D eigenvalue weighted by molar-refractivity contribution is -0.385. The van der Waals surface area contributed by atoms with E-state index in [1.54, 1.807) is 30.3 Å². The molecule has 104 valence electrons. The fourth-order valence-electron chi connectivity index (χ4n) is 1.59. The normalized spacial score (nSPS) is 9.35. The Morgan fingerprint density at radius 2 is 1.75 bits per heavy atom. The van der Waals surface area contributed by atoms with Crippen molar-refractivity contribution in [2.75, 3.05) is 7.05 Å². The molecule has 0 aliphatic rings. The number of nitro benzene ring substituents is 1. The second kappa shape index (κ2) is 7.37. The number of hydrogen-bond acceptors (Lipinski definition) is 4. The molecule has 0 amide bonds. The first kappa shape index (κ1) is 15.8. The van der Waals surface area contributed by atoms with Crippen molar-refractivity contribution in [3.05, 3.63) is 74.8 Å². The zero-order valence-corrected chi connectivity index (χ0v) is 11.5. The van der Waals surface area contributed by atoms with Crippen LogP contribution in [-0.2, 0) is 0 Å². The van der Waals surface area contributed by atoms with Gasteiger partial charge in [0, 0.05) is 16.7 Å². The number of hydrogen-bond donors (Lipinski definition) is 1. The van der Waals surface area contributed by atoms with Crippen LogP contribution >= 0.6 is 11.6 Å². The first-order valence-electron chi connectivity index (χ1n) is 5.71. The van der Waals surface area contributed by atoms with E-state index in [1.807, 2.05) is 0 Å². The number of rotatable bonds is 3. The van der Waals surface area contributed by atoms with Gasteiger partial charge in [-0.25, -0.2) is 0 Å². The largest absolute Gasteiger partial charge is 0.333 e. The van der Waals surface area contributed by atoms with Crippen LogP contribution in [0.15, 0.2) is 48.5 Å². The van der Waals surface area contributed by atoms with Crippen molar-refractivity contribution in [1.82, 2.24) is 0 Å². The van der Waals surface area contributed by atoms with Crippen molar-refractivity contribution >= 4 is 23.1 Å². The lowest BCUT2D eigenvalue weighted by Gasteiger charge is -2.03. The maximum absolute atomic E-state index is 12.2. The number of carbonyl (C=O) groups is 1. The molecule has 0 saturated carbocycles. The molecule has 0 fully saturated rings. The Labute approximate surface area is 121 Å². The molecule has 6 heteroatoms. The number of carbonyl (C=O) groups excluding carboxylic acids is 1. The molecule has 0 bridgehead atoms. The molecule has 0 heterocycles. The van der Waals surface area contributed by atoms with Gasteiger partial charge in [-0.1, -0.05) is 41.9 Å². The Bertz CT molecular complexity index is 615. The molecule has 2 rings (SSSR count). The lowest BCUT2D eigenvalue weighted by Crippen LogP contribution is -2.05. The van der Waals surface area contributed by atoms with Crippen LogP contribution in [0.4, 0.5) is 5.69 Å². The third kappa shape index (κ3) is 3.63. The smallest absolute Gasteiger partial charge is 0.280 e. The van der Waals surface area contributed by atoms with Crippen LogP contribution < -0.4 is 5.73 Å². The Balaban J connectivity index is 0.000000956. The van der Waals surface area contributed by atoms with Gasteiger partial charge in [0.25, 0.3) is 5.69 Å². The second-order valence-electron chi connectivity index (χ2n) is 3.61. The SMILES string of the molecule is CN.O=C(c1ccccc1)c1cc(Cl)ccc1[N+](=O)[O-]. The van der Waals surface area contributed by atoms with Crippen LogP contribution in [0, 0.1) is 10.1 Å². The Hall–Kier alpha value is -2.24. The molecule has 0 unspecified atom stereocenters. The second-order valence-corrected chi connectivity index (χ2v) is 4.05. The van der Waals surface area contributed by atoms with Crippen molar-refractivity contribution in [2.45, 2.75) is 0 Å². The monoisotopic (exact) mass is 292 g/mol. The maximum Gasteiger partial charge on any atom is 0.280 e. The van der Waals surface area contributed by atoms with E-state index in [4.69, 9.17) is 11.6 Å². The molecule has 0 aliphatic heterocycles. The molecule has 0 radical (unpaired) electrons. The molecule has 2 N–H and O–H groups in total. The van der Waals surface area contributed by atoms with Gasteiger partial charge in [-0.15, -0.1) is 0 Å². The average Bonchev–Trinajstić information content (AvgIpc) is 2.49. The fourth-order valence-corrected chi connectivity index (χ4v) is 1.77. The fraction of sp³-hybridized carbons (Fsp3) is 0.0714. The Morgan fingerprint density at radius 1 is 1.15 bits per heavy atom. The molecule has 2 aromatic rings. The lowest BCUT2D eigenvalue weighted by atomic mass is 10.0. The van der Waals surface area contributed by atoms with Crippen LogP contribution in [0.2, 0.25) is 5.02 Å². The van der Waals surface area contributed by atoms with Gasteiger partial charge in [-0.2, -0.15) is 0 Å². The summed E-state index contributed by atoms with van der Waals surface area (Å²) in [4.78, 5) is 22.4. The molecule has 20 heavy (non-hydrogen) atoms. The summed E-state index contributed by atoms with van der Waals surface area (Å²) in [5.41, 5.74) is 4.65. The highest BCUT2D eigenvalue weighted by atomic mass is 35.5. The van der Waals surface area contributed by atoms with Gasteiger partial charge in [-0.05, 0) is 19.2 Å². The van der Waals surface area contributed by atoms with Crippen molar-refractivity contribution in [3.8, 4) is 0 Å². The third-order valence-electron chi connectivity index (χ3n) is 2.44. The zero-order valence-electron chi connectivity index (χ0n) is 10.7. The van der Waals surface area contributed by atoms with E-state index in [1.165, 1.54) is 25.2 Å². The van der Waals surface area contributed by atoms with Crippen LogP contribution in [0.3, 0.4) is 0 Å². The van der Waals surface area contributed by atoms with Crippen molar-refractivity contribution in [1.29, 1.82) is 0 Å². The quantitative estimate of drug-likeness (QED) is 0.535. The number of ketones is 1. The average molecular weight is 293 g/mol. The molecule has 0 aliphatic carbocycles. The van der Waals surface area contributed by atoms with E-state index in [0.717, 1.165) is 0 Å². The van der Waals surface area contributed by atoms with Gasteiger partial charge < -0.3 is 5.73 Å². The summed E-state index contributed by atoms with van der Waals surface area (Å²) in [6, 6.07) is 12.3. The molecule has 0 atom stereocenters. The van der Waals surface area contributed by atoms with Gasteiger partial charge in [0.2, 0.25) is 0 Å². The van der Waals surface area contributed by atoms with E-state index in [-0.39, 0.29) is 11.3 Å². The van der Waals surface area contributed by atoms with E-state index < -0.39 is 10.7 Å². The highest BCUT2D eigenvalue weighted by molar-refractivity contribution is 6.31. The molecular formula is C14H13ClN2O3. The molecule has 0 aromatic heterocycles. The summed E-state index contributed by atoms with van der Waals surface area (Å²) in [6.45, 7) is 0. The topological polar surface area (TPSA) is 86.2 Å². The number of nitro groups is 1. The van der Waals surface area contributed by atoms with Gasteiger partial charge in [0.05, 0.1) is 4.92 Å². The molecule has 0 saturated heterocycles. The maximum atomic E-state index is 12.2. The van der Waals surface area contributed by atoms with Gasteiger partial charge in [0.15, 0.2) is 5.78 Å². The van der Waals surface area contributed by atoms with E-state index in [0.29, 0.717) is 10.6 Å². The van der Waals surface area contributed by atoms with Gasteiger partial charge >= 0.3 is 0 Å². The molecule has 2 aromatic carbocycles. The summed E-state index contributed by atoms with van der Waals surface area (Å²) < 4.78 is 0. The third-order valence-corrected chi connectivity index (χ3v) is 2.67. The van der Waals surface area contributed by atoms with Gasteiger partial charge in [0.1, 0.15) is 5.56 Å². The number of nitrogens with zero attached hydrogens (tertiary/aromatic N) is 1. The minimum Gasteiger partial charge on any atom is -0.333 e. The van der Waals surface area contributed by atoms with Gasteiger partial charge in [-0.3, -0.25) is 14.9 Å². The highest BCUT2D eigenvalue weighted by Gasteiger charge is 2.21. The number of nitrogens with two attached hydrogens (primary N) is 1. The first-order chi connectivity index (χ1) is 9.59. The summed E-state index contributed by atoms with van der Waals surface area (Å²) in [5, 5.41) is 11.2. The minimum absolute atomic E-state index is 0.00120. The van der Waals surface area contributed by atoms with E-state index in [2.05, 4.69) is 5.73 Å². The summed E-state index contributed by atoms with van der Waals surface area (Å²) in [7, 11) is 1.50. The Morgan fingerprint density at radius 3 is 2.30 bits per heavy atom. The zero-order chi connectivity index (χ0) is 15.1.